The van der Waals surface area contributed by atoms with Crippen LogP contribution in [0.5, 0.6) is 0 Å². The number of hydrogen-bond acceptors (Lipinski definition) is 6. The number of carbonyl (C=O) groups is 2. The fourth-order valence-corrected chi connectivity index (χ4v) is 5.12. The predicted molar refractivity (Wildman–Crippen MR) is 164 cm³/mol. The van der Waals surface area contributed by atoms with Gasteiger partial charge in [0.1, 0.15) is 18.8 Å². The third kappa shape index (κ3) is 21.2. The summed E-state index contributed by atoms with van der Waals surface area (Å²) in [7, 11) is 4.00. The molecule has 1 heterocycles. The van der Waals surface area contributed by atoms with Crippen LogP contribution in [-0.4, -0.2) is 76.2 Å². The summed E-state index contributed by atoms with van der Waals surface area (Å²) < 4.78 is 16.8. The third-order valence-corrected chi connectivity index (χ3v) is 7.72. The summed E-state index contributed by atoms with van der Waals surface area (Å²) in [4.78, 5) is 26.4. The highest BCUT2D eigenvalue weighted by molar-refractivity contribution is 5.67. The Labute approximate surface area is 246 Å². The number of nitrogens with one attached hydrogen (secondary N) is 2. The second-order valence-electron chi connectivity index (χ2n) is 12.0. The molecule has 1 atom stereocenters. The van der Waals surface area contributed by atoms with Gasteiger partial charge in [0.05, 0.1) is 0 Å². The number of alkyl carbamates (subject to hydrolysis) is 2. The highest BCUT2D eigenvalue weighted by Crippen LogP contribution is 2.26. The Morgan fingerprint density at radius 2 is 1.12 bits per heavy atom. The van der Waals surface area contributed by atoms with Crippen molar-refractivity contribution in [2.24, 2.45) is 0 Å². The molecule has 1 aliphatic heterocycles. The molecular weight excluding hydrogens is 506 g/mol. The van der Waals surface area contributed by atoms with E-state index in [0.717, 1.165) is 38.6 Å². The van der Waals surface area contributed by atoms with E-state index < -0.39 is 17.8 Å². The number of carbonyl (C=O) groups excluding carboxylic acids is 2. The largest absolute Gasteiger partial charge is 0.446 e. The van der Waals surface area contributed by atoms with Gasteiger partial charge in [-0.1, -0.05) is 103 Å². The van der Waals surface area contributed by atoms with Crippen LogP contribution in [0.25, 0.3) is 0 Å². The lowest BCUT2D eigenvalue weighted by atomic mass is 9.95. The van der Waals surface area contributed by atoms with Gasteiger partial charge in [-0.3, -0.25) is 0 Å². The Morgan fingerprint density at radius 3 is 1.55 bits per heavy atom. The Kier molecular flexibility index (Phi) is 23.0. The van der Waals surface area contributed by atoms with Gasteiger partial charge >= 0.3 is 12.2 Å². The van der Waals surface area contributed by atoms with Gasteiger partial charge in [0.25, 0.3) is 0 Å². The number of rotatable bonds is 25. The normalized spacial score (nSPS) is 17.1. The summed E-state index contributed by atoms with van der Waals surface area (Å²) in [6.45, 7) is 5.11. The number of ether oxygens (including phenoxy) is 3. The van der Waals surface area contributed by atoms with Crippen LogP contribution in [0, 0.1) is 0 Å². The number of nitrogens with zero attached hydrogens (tertiary/aromatic N) is 1. The van der Waals surface area contributed by atoms with E-state index in [0.29, 0.717) is 26.1 Å². The molecule has 0 aliphatic carbocycles. The molecule has 2 N–H and O–H groups in total. The van der Waals surface area contributed by atoms with Gasteiger partial charge in [0, 0.05) is 19.7 Å². The zero-order valence-corrected chi connectivity index (χ0v) is 26.4. The van der Waals surface area contributed by atoms with Crippen LogP contribution in [0.1, 0.15) is 135 Å². The van der Waals surface area contributed by atoms with Crippen LogP contribution in [0.2, 0.25) is 0 Å². The zero-order valence-electron chi connectivity index (χ0n) is 26.4. The zero-order chi connectivity index (χ0) is 29.2. The number of amides is 2. The lowest BCUT2D eigenvalue weighted by Gasteiger charge is -2.36. The van der Waals surface area contributed by atoms with E-state index in [2.05, 4.69) is 22.5 Å². The van der Waals surface area contributed by atoms with Crippen molar-refractivity contribution in [2.75, 3.05) is 53.6 Å². The first-order chi connectivity index (χ1) is 19.5. The summed E-state index contributed by atoms with van der Waals surface area (Å²) in [5, 5.41) is 5.63. The summed E-state index contributed by atoms with van der Waals surface area (Å²) in [6.07, 6.45) is 23.9. The molecule has 0 aromatic rings. The van der Waals surface area contributed by atoms with E-state index in [1.165, 1.54) is 89.9 Å². The van der Waals surface area contributed by atoms with Gasteiger partial charge in [-0.25, -0.2) is 9.59 Å². The Morgan fingerprint density at radius 1 is 0.675 bits per heavy atom. The molecule has 40 heavy (non-hydrogen) atoms. The van der Waals surface area contributed by atoms with Crippen LogP contribution >= 0.6 is 0 Å². The average Bonchev–Trinajstić information content (AvgIpc) is 2.95. The van der Waals surface area contributed by atoms with E-state index in [1.807, 2.05) is 14.1 Å². The van der Waals surface area contributed by atoms with Gasteiger partial charge in [-0.15, -0.1) is 0 Å². The fraction of sp³-hybridized carbons (Fsp3) is 0.938. The topological polar surface area (TPSA) is 89.1 Å². The molecule has 0 aromatic heterocycles. The van der Waals surface area contributed by atoms with E-state index in [4.69, 9.17) is 14.2 Å². The second kappa shape index (κ2) is 25.2. The van der Waals surface area contributed by atoms with Crippen molar-refractivity contribution in [1.82, 2.24) is 15.5 Å². The first kappa shape index (κ1) is 36.5. The van der Waals surface area contributed by atoms with Crippen LogP contribution < -0.4 is 10.6 Å². The molecule has 1 fully saturated rings. The van der Waals surface area contributed by atoms with Crippen molar-refractivity contribution in [3.63, 3.8) is 0 Å². The molecule has 1 aliphatic rings. The Balaban J connectivity index is 2.01. The molecule has 0 radical (unpaired) electrons. The lowest BCUT2D eigenvalue weighted by Crippen LogP contribution is -2.47. The molecule has 1 saturated heterocycles. The number of hydrogen-bond donors (Lipinski definition) is 2. The first-order valence-corrected chi connectivity index (χ1v) is 16.6. The molecule has 0 bridgehead atoms. The maximum Gasteiger partial charge on any atom is 0.407 e. The van der Waals surface area contributed by atoms with E-state index in [9.17, 15) is 9.59 Å². The Hall–Kier alpha value is -1.54. The van der Waals surface area contributed by atoms with Crippen LogP contribution in [0.15, 0.2) is 0 Å². The van der Waals surface area contributed by atoms with Gasteiger partial charge in [0.2, 0.25) is 0 Å². The summed E-state index contributed by atoms with van der Waals surface area (Å²) in [5.41, 5.74) is -0.759. The maximum atomic E-state index is 12.2. The van der Waals surface area contributed by atoms with Crippen molar-refractivity contribution < 1.29 is 23.8 Å². The molecular formula is C32H63N3O5. The van der Waals surface area contributed by atoms with Crippen molar-refractivity contribution in [3.8, 4) is 0 Å². The molecule has 0 spiro atoms. The molecule has 8 nitrogen and oxygen atoms in total. The first-order valence-electron chi connectivity index (χ1n) is 16.6. The fourth-order valence-electron chi connectivity index (χ4n) is 5.12. The predicted octanol–water partition coefficient (Wildman–Crippen LogP) is 7.59. The van der Waals surface area contributed by atoms with Crippen molar-refractivity contribution in [3.05, 3.63) is 0 Å². The van der Waals surface area contributed by atoms with Gasteiger partial charge in [-0.2, -0.15) is 0 Å². The minimum Gasteiger partial charge on any atom is -0.446 e. The van der Waals surface area contributed by atoms with E-state index >= 15 is 0 Å². The number of unbranched alkanes of at least 4 members (excludes halogenated alkanes) is 15. The van der Waals surface area contributed by atoms with Crippen LogP contribution in [-0.2, 0) is 14.2 Å². The third-order valence-electron chi connectivity index (χ3n) is 7.72. The van der Waals surface area contributed by atoms with Crippen molar-refractivity contribution >= 4 is 12.2 Å². The maximum absolute atomic E-state index is 12.2. The molecule has 1 rings (SSSR count). The molecule has 0 saturated carbocycles. The summed E-state index contributed by atoms with van der Waals surface area (Å²) >= 11 is 0. The van der Waals surface area contributed by atoms with Crippen molar-refractivity contribution in [2.45, 2.75) is 141 Å². The molecule has 8 heteroatoms. The molecule has 2 amide bonds. The summed E-state index contributed by atoms with van der Waals surface area (Å²) in [5.74, 6) is 0. The summed E-state index contributed by atoms with van der Waals surface area (Å²) in [6, 6.07) is 0. The quantitative estimate of drug-likeness (QED) is 0.110. The lowest BCUT2D eigenvalue weighted by molar-refractivity contribution is -0.134. The SMILES string of the molecule is CCCCCCCCCCCCCCCCCCNC(=O)OC[C@]1(COC(=O)NCCCN(C)C)CCCCO1. The van der Waals surface area contributed by atoms with Crippen LogP contribution in [0.3, 0.4) is 0 Å². The highest BCUT2D eigenvalue weighted by atomic mass is 16.6. The molecule has 0 unspecified atom stereocenters. The van der Waals surface area contributed by atoms with Gasteiger partial charge in [-0.05, 0) is 52.7 Å². The minimum atomic E-state index is -0.759. The smallest absolute Gasteiger partial charge is 0.407 e. The molecule has 236 valence electrons. The van der Waals surface area contributed by atoms with Crippen molar-refractivity contribution in [1.29, 1.82) is 0 Å². The monoisotopic (exact) mass is 569 g/mol. The van der Waals surface area contributed by atoms with E-state index in [-0.39, 0.29) is 13.2 Å². The minimum absolute atomic E-state index is 0.0823. The van der Waals surface area contributed by atoms with Crippen LogP contribution in [0.4, 0.5) is 9.59 Å². The highest BCUT2D eigenvalue weighted by Gasteiger charge is 2.36. The Bertz CT molecular complexity index is 611. The van der Waals surface area contributed by atoms with Gasteiger partial charge < -0.3 is 29.7 Å². The molecule has 0 aromatic carbocycles. The average molecular weight is 570 g/mol. The second-order valence-corrected chi connectivity index (χ2v) is 12.0. The standard InChI is InChI=1S/C32H63N3O5/c1-4-5-6-7-8-9-10-11-12-13-14-15-16-17-18-20-24-33-30(36)38-28-32(23-19-21-27-40-32)29-39-31(37)34-25-22-26-35(2)3/h4-29H2,1-3H3,(H,33,36)(H,34,37)/t32-/m0/s1. The van der Waals surface area contributed by atoms with E-state index in [1.54, 1.807) is 0 Å². The van der Waals surface area contributed by atoms with Gasteiger partial charge in [0.15, 0.2) is 0 Å².